The van der Waals surface area contributed by atoms with Crippen molar-refractivity contribution in [2.75, 3.05) is 40.3 Å². The van der Waals surface area contributed by atoms with Gasteiger partial charge in [0.1, 0.15) is 11.2 Å². The minimum Gasteiger partial charge on any atom is -0.444 e. The van der Waals surface area contributed by atoms with Gasteiger partial charge in [0.05, 0.1) is 13.1 Å². The number of likely N-dealkylation sites (N-methyl/N-ethyl adjacent to an activating group) is 1. The number of likely N-dealkylation sites (tertiary alicyclic amines) is 2. The molecule has 2 saturated heterocycles. The highest BCUT2D eigenvalue weighted by molar-refractivity contribution is 5.94. The van der Waals surface area contributed by atoms with E-state index in [0.29, 0.717) is 6.04 Å². The molecule has 8 heteroatoms. The first-order valence-electron chi connectivity index (χ1n) is 8.82. The first kappa shape index (κ1) is 22.2. The summed E-state index contributed by atoms with van der Waals surface area (Å²) < 4.78 is 10.3. The van der Waals surface area contributed by atoms with E-state index in [-0.39, 0.29) is 30.6 Å². The molecule has 2 aliphatic rings. The van der Waals surface area contributed by atoms with Gasteiger partial charge in [-0.3, -0.25) is 9.69 Å². The molecule has 0 unspecified atom stereocenters. The number of Topliss-reactive ketones (excluding diaryl/α,β-unsaturated/α-hetero) is 1. The summed E-state index contributed by atoms with van der Waals surface area (Å²) in [7, 11) is 4.05. The Kier molecular flexibility index (Phi) is 7.04. The monoisotopic (exact) mass is 371 g/mol. The summed E-state index contributed by atoms with van der Waals surface area (Å²) in [6.07, 6.45) is -0.599. The van der Waals surface area contributed by atoms with E-state index in [9.17, 15) is 14.4 Å². The lowest BCUT2D eigenvalue weighted by molar-refractivity contribution is -0.128. The van der Waals surface area contributed by atoms with Crippen molar-refractivity contribution in [3.8, 4) is 0 Å². The lowest BCUT2D eigenvalue weighted by Gasteiger charge is -2.42. The van der Waals surface area contributed by atoms with E-state index in [4.69, 9.17) is 9.47 Å². The first-order valence-corrected chi connectivity index (χ1v) is 8.82. The Morgan fingerprint density at radius 1 is 0.885 bits per heavy atom. The number of ketones is 1. The van der Waals surface area contributed by atoms with Gasteiger partial charge >= 0.3 is 12.2 Å². The van der Waals surface area contributed by atoms with Crippen LogP contribution in [0.25, 0.3) is 0 Å². The number of hydrogen-bond acceptors (Lipinski definition) is 6. The Labute approximate surface area is 156 Å². The zero-order chi connectivity index (χ0) is 20.3. The molecule has 0 N–H and O–H groups in total. The number of ether oxygens (including phenoxy) is 2. The molecule has 0 aliphatic carbocycles. The maximum absolute atomic E-state index is 11.5. The Morgan fingerprint density at radius 3 is 1.58 bits per heavy atom. The van der Waals surface area contributed by atoms with Crippen LogP contribution in [0, 0.1) is 0 Å². The maximum atomic E-state index is 11.5. The van der Waals surface area contributed by atoms with Gasteiger partial charge in [-0.2, -0.15) is 0 Å². The molecule has 0 saturated carbocycles. The van der Waals surface area contributed by atoms with Crippen LogP contribution in [0.15, 0.2) is 0 Å². The van der Waals surface area contributed by atoms with Crippen LogP contribution in [0.4, 0.5) is 9.59 Å². The van der Waals surface area contributed by atoms with Crippen molar-refractivity contribution in [2.45, 2.75) is 58.8 Å². The topological polar surface area (TPSA) is 79.4 Å². The molecule has 2 amide bonds. The van der Waals surface area contributed by atoms with Gasteiger partial charge in [-0.05, 0) is 55.6 Å². The third-order valence-corrected chi connectivity index (χ3v) is 3.63. The standard InChI is InChI=1S/C10H20N2O2.C8H13NO3/c1-10(2,3)14-9(13)12-6-8(7-12)11(4)5;1-8(2,3)12-7(11)9-4-6(10)5-9/h8H,6-7H2,1-5H3;4-5H2,1-3H3. The summed E-state index contributed by atoms with van der Waals surface area (Å²) in [5.41, 5.74) is -0.865. The van der Waals surface area contributed by atoms with Crippen molar-refractivity contribution in [1.29, 1.82) is 0 Å². The lowest BCUT2D eigenvalue weighted by atomic mass is 10.1. The highest BCUT2D eigenvalue weighted by atomic mass is 16.6. The van der Waals surface area contributed by atoms with Crippen molar-refractivity contribution in [2.24, 2.45) is 0 Å². The van der Waals surface area contributed by atoms with Crippen LogP contribution in [-0.2, 0) is 14.3 Å². The normalized spacial score (nSPS) is 17.8. The molecule has 2 aliphatic heterocycles. The smallest absolute Gasteiger partial charge is 0.411 e. The van der Waals surface area contributed by atoms with E-state index in [2.05, 4.69) is 4.90 Å². The molecule has 0 aromatic rings. The average molecular weight is 371 g/mol. The third kappa shape index (κ3) is 7.59. The molecule has 2 rings (SSSR count). The van der Waals surface area contributed by atoms with Crippen LogP contribution in [0.5, 0.6) is 0 Å². The molecule has 0 aromatic heterocycles. The summed E-state index contributed by atoms with van der Waals surface area (Å²) in [4.78, 5) is 38.4. The Hall–Kier alpha value is -1.83. The minimum atomic E-state index is -0.476. The van der Waals surface area contributed by atoms with Crippen molar-refractivity contribution in [3.63, 3.8) is 0 Å². The Morgan fingerprint density at radius 2 is 1.27 bits per heavy atom. The highest BCUT2D eigenvalue weighted by Crippen LogP contribution is 2.17. The predicted octanol–water partition coefficient (Wildman–Crippen LogP) is 1.97. The highest BCUT2D eigenvalue weighted by Gasteiger charge is 2.34. The van der Waals surface area contributed by atoms with E-state index in [1.165, 1.54) is 4.90 Å². The van der Waals surface area contributed by atoms with Crippen LogP contribution >= 0.6 is 0 Å². The lowest BCUT2D eigenvalue weighted by Crippen LogP contribution is -2.59. The largest absolute Gasteiger partial charge is 0.444 e. The number of amides is 2. The molecule has 26 heavy (non-hydrogen) atoms. The first-order chi connectivity index (χ1) is 11.7. The molecule has 0 spiro atoms. The van der Waals surface area contributed by atoms with E-state index in [1.54, 1.807) is 25.7 Å². The van der Waals surface area contributed by atoms with Gasteiger partial charge in [-0.15, -0.1) is 0 Å². The zero-order valence-electron chi connectivity index (χ0n) is 17.3. The molecular formula is C18H33N3O5. The van der Waals surface area contributed by atoms with E-state index in [1.807, 2.05) is 34.9 Å². The van der Waals surface area contributed by atoms with Crippen LogP contribution in [0.1, 0.15) is 41.5 Å². The molecule has 0 aromatic carbocycles. The van der Waals surface area contributed by atoms with Gasteiger partial charge < -0.3 is 19.3 Å². The van der Waals surface area contributed by atoms with Crippen molar-refractivity contribution in [1.82, 2.24) is 14.7 Å². The molecule has 0 bridgehead atoms. The summed E-state index contributed by atoms with van der Waals surface area (Å²) in [6.45, 7) is 13.0. The molecule has 2 fully saturated rings. The maximum Gasteiger partial charge on any atom is 0.411 e. The van der Waals surface area contributed by atoms with Crippen LogP contribution < -0.4 is 0 Å². The van der Waals surface area contributed by atoms with E-state index in [0.717, 1.165) is 13.1 Å². The number of rotatable bonds is 1. The van der Waals surface area contributed by atoms with Gasteiger partial charge in [-0.1, -0.05) is 0 Å². The summed E-state index contributed by atoms with van der Waals surface area (Å²) in [6, 6.07) is 0.488. The van der Waals surface area contributed by atoms with E-state index >= 15 is 0 Å². The Balaban J connectivity index is 0.000000263. The number of carbonyl (C=O) groups excluding carboxylic acids is 3. The van der Waals surface area contributed by atoms with Crippen molar-refractivity contribution < 1.29 is 23.9 Å². The fraction of sp³-hybridized carbons (Fsp3) is 0.833. The molecule has 150 valence electrons. The van der Waals surface area contributed by atoms with Gasteiger partial charge in [0.15, 0.2) is 5.78 Å². The second kappa shape index (κ2) is 8.24. The fourth-order valence-electron chi connectivity index (χ4n) is 2.09. The summed E-state index contributed by atoms with van der Waals surface area (Å²) in [5.74, 6) is 0.0841. The fourth-order valence-corrected chi connectivity index (χ4v) is 2.09. The Bertz CT molecular complexity index is 520. The summed E-state index contributed by atoms with van der Waals surface area (Å²) in [5, 5.41) is 0. The third-order valence-electron chi connectivity index (χ3n) is 3.63. The predicted molar refractivity (Wildman–Crippen MR) is 98.1 cm³/mol. The van der Waals surface area contributed by atoms with Gasteiger partial charge in [0, 0.05) is 19.1 Å². The SMILES string of the molecule is CC(C)(C)OC(=O)N1CC(=O)C1.CN(C)C1CN(C(=O)OC(C)(C)C)C1. The van der Waals surface area contributed by atoms with Gasteiger partial charge in [0.2, 0.25) is 0 Å². The van der Waals surface area contributed by atoms with Gasteiger partial charge in [0.25, 0.3) is 0 Å². The second-order valence-corrected chi connectivity index (χ2v) is 8.88. The number of hydrogen-bond donors (Lipinski definition) is 0. The van der Waals surface area contributed by atoms with Crippen molar-refractivity contribution in [3.05, 3.63) is 0 Å². The van der Waals surface area contributed by atoms with Crippen LogP contribution in [0.2, 0.25) is 0 Å². The molecule has 0 radical (unpaired) electrons. The number of nitrogens with zero attached hydrogens (tertiary/aromatic N) is 3. The molecule has 8 nitrogen and oxygen atoms in total. The molecule has 0 atom stereocenters. The molecular weight excluding hydrogens is 338 g/mol. The number of carbonyl (C=O) groups is 3. The second-order valence-electron chi connectivity index (χ2n) is 8.88. The van der Waals surface area contributed by atoms with Gasteiger partial charge in [-0.25, -0.2) is 9.59 Å². The van der Waals surface area contributed by atoms with E-state index < -0.39 is 11.7 Å². The average Bonchev–Trinajstić information content (AvgIpc) is 2.28. The van der Waals surface area contributed by atoms with Crippen LogP contribution in [-0.4, -0.2) is 90.2 Å². The van der Waals surface area contributed by atoms with Crippen LogP contribution in [0.3, 0.4) is 0 Å². The zero-order valence-corrected chi connectivity index (χ0v) is 17.3. The van der Waals surface area contributed by atoms with Crippen molar-refractivity contribution >= 4 is 18.0 Å². The summed E-state index contributed by atoms with van der Waals surface area (Å²) >= 11 is 0. The molecule has 2 heterocycles. The minimum absolute atomic E-state index is 0.0841. The quantitative estimate of drug-likeness (QED) is 0.701.